The molecule has 2 N–H and O–H groups in total. The molecule has 0 aliphatic carbocycles. The van der Waals surface area contributed by atoms with E-state index in [1.165, 1.54) is 0 Å². The van der Waals surface area contributed by atoms with E-state index in [1.54, 1.807) is 11.9 Å². The quantitative estimate of drug-likeness (QED) is 0.839. The van der Waals surface area contributed by atoms with Crippen LogP contribution in [0.3, 0.4) is 0 Å². The number of carbonyl (C=O) groups is 2. The molecule has 21 heavy (non-hydrogen) atoms. The topological polar surface area (TPSA) is 63.4 Å². The fourth-order valence-electron chi connectivity index (χ4n) is 2.48. The predicted octanol–water partition coefficient (Wildman–Crippen LogP) is 2.75. The number of carbonyl (C=O) groups excluding carboxylic acids is 2. The van der Waals surface area contributed by atoms with E-state index in [9.17, 15) is 9.59 Å². The van der Waals surface area contributed by atoms with Crippen molar-refractivity contribution in [1.29, 1.82) is 0 Å². The molecule has 2 amide bonds. The number of nitrogens with two attached hydrogens (primary N) is 1. The lowest BCUT2D eigenvalue weighted by Crippen LogP contribution is -2.39. The van der Waals surface area contributed by atoms with Crippen LogP contribution in [0, 0.1) is 12.8 Å². The number of benzene rings is 1. The maximum atomic E-state index is 12.5. The number of hydrogen-bond donors (Lipinski definition) is 1. The van der Waals surface area contributed by atoms with E-state index in [-0.39, 0.29) is 23.8 Å². The van der Waals surface area contributed by atoms with Crippen LogP contribution in [0.4, 0.5) is 0 Å². The molecule has 1 aromatic carbocycles. The van der Waals surface area contributed by atoms with E-state index in [2.05, 4.69) is 0 Å². The van der Waals surface area contributed by atoms with Crippen molar-refractivity contribution in [1.82, 2.24) is 4.90 Å². The summed E-state index contributed by atoms with van der Waals surface area (Å²) in [6.45, 7) is 5.97. The Hall–Kier alpha value is -1.84. The molecule has 1 aromatic rings. The van der Waals surface area contributed by atoms with Crippen LogP contribution in [0.2, 0.25) is 0 Å². The summed E-state index contributed by atoms with van der Waals surface area (Å²) in [6.07, 6.45) is 2.13. The van der Waals surface area contributed by atoms with Crippen LogP contribution >= 0.6 is 0 Å². The molecule has 1 unspecified atom stereocenters. The molecule has 0 aliphatic rings. The fourth-order valence-corrected chi connectivity index (χ4v) is 2.48. The van der Waals surface area contributed by atoms with Gasteiger partial charge >= 0.3 is 0 Å². The van der Waals surface area contributed by atoms with Crippen molar-refractivity contribution in [2.75, 3.05) is 7.05 Å². The van der Waals surface area contributed by atoms with Crippen molar-refractivity contribution in [2.45, 2.75) is 46.1 Å². The first-order valence-electron chi connectivity index (χ1n) is 7.53. The molecule has 0 saturated heterocycles. The SMILES string of the molecule is CCC(C[C@H](CC)C(N)=O)N(C)C(=O)c1ccc(C)cc1. The molecular formula is C17H26N2O2. The van der Waals surface area contributed by atoms with Crippen LogP contribution < -0.4 is 5.73 Å². The van der Waals surface area contributed by atoms with E-state index in [4.69, 9.17) is 5.73 Å². The van der Waals surface area contributed by atoms with Gasteiger partial charge in [0.1, 0.15) is 0 Å². The van der Waals surface area contributed by atoms with E-state index in [0.29, 0.717) is 18.4 Å². The molecule has 0 aromatic heterocycles. The number of aryl methyl sites for hydroxylation is 1. The van der Waals surface area contributed by atoms with Crippen LogP contribution in [0.1, 0.15) is 49.0 Å². The number of nitrogens with zero attached hydrogens (tertiary/aromatic N) is 1. The summed E-state index contributed by atoms with van der Waals surface area (Å²) in [4.78, 5) is 25.6. The summed E-state index contributed by atoms with van der Waals surface area (Å²) in [6, 6.07) is 7.57. The Labute approximate surface area is 127 Å². The zero-order valence-electron chi connectivity index (χ0n) is 13.4. The number of primary amides is 1. The Morgan fingerprint density at radius 1 is 1.14 bits per heavy atom. The molecule has 0 heterocycles. The minimum absolute atomic E-state index is 0.0128. The zero-order chi connectivity index (χ0) is 16.0. The third kappa shape index (κ3) is 4.59. The van der Waals surface area contributed by atoms with Gasteiger partial charge < -0.3 is 10.6 Å². The highest BCUT2D eigenvalue weighted by Gasteiger charge is 2.24. The van der Waals surface area contributed by atoms with Gasteiger partial charge in [-0.05, 0) is 38.3 Å². The summed E-state index contributed by atoms with van der Waals surface area (Å²) in [5.74, 6) is -0.475. The average Bonchev–Trinajstić information content (AvgIpc) is 2.47. The fraction of sp³-hybridized carbons (Fsp3) is 0.529. The average molecular weight is 290 g/mol. The molecule has 0 spiro atoms. The number of amides is 2. The van der Waals surface area contributed by atoms with E-state index >= 15 is 0 Å². The molecule has 4 nitrogen and oxygen atoms in total. The van der Waals surface area contributed by atoms with Gasteiger partial charge in [0.25, 0.3) is 5.91 Å². The summed E-state index contributed by atoms with van der Waals surface area (Å²) in [5, 5.41) is 0. The van der Waals surface area contributed by atoms with Gasteiger partial charge in [0.15, 0.2) is 0 Å². The highest BCUT2D eigenvalue weighted by atomic mass is 16.2. The van der Waals surface area contributed by atoms with Crippen molar-refractivity contribution in [3.05, 3.63) is 35.4 Å². The van der Waals surface area contributed by atoms with Crippen molar-refractivity contribution in [3.8, 4) is 0 Å². The van der Waals surface area contributed by atoms with Gasteiger partial charge in [0.05, 0.1) is 0 Å². The molecule has 0 aliphatic heterocycles. The number of rotatable bonds is 7. The summed E-state index contributed by atoms with van der Waals surface area (Å²) >= 11 is 0. The second kappa shape index (κ2) is 7.81. The zero-order valence-corrected chi connectivity index (χ0v) is 13.4. The highest BCUT2D eigenvalue weighted by molar-refractivity contribution is 5.94. The first-order valence-corrected chi connectivity index (χ1v) is 7.53. The van der Waals surface area contributed by atoms with E-state index < -0.39 is 0 Å². The maximum Gasteiger partial charge on any atom is 0.253 e. The first kappa shape index (κ1) is 17.2. The molecule has 4 heteroatoms. The summed E-state index contributed by atoms with van der Waals surface area (Å²) < 4.78 is 0. The molecular weight excluding hydrogens is 264 g/mol. The summed E-state index contributed by atoms with van der Waals surface area (Å²) in [7, 11) is 1.80. The Morgan fingerprint density at radius 2 is 1.71 bits per heavy atom. The Balaban J connectivity index is 2.82. The Bertz CT molecular complexity index is 482. The lowest BCUT2D eigenvalue weighted by atomic mass is 9.94. The monoisotopic (exact) mass is 290 g/mol. The molecule has 0 fully saturated rings. The lowest BCUT2D eigenvalue weighted by Gasteiger charge is -2.29. The van der Waals surface area contributed by atoms with E-state index in [1.807, 2.05) is 45.0 Å². The van der Waals surface area contributed by atoms with E-state index in [0.717, 1.165) is 12.0 Å². The van der Waals surface area contributed by atoms with Crippen molar-refractivity contribution in [3.63, 3.8) is 0 Å². The van der Waals surface area contributed by atoms with Gasteiger partial charge in [0.2, 0.25) is 5.91 Å². The minimum Gasteiger partial charge on any atom is -0.369 e. The van der Waals surface area contributed by atoms with Gasteiger partial charge in [-0.15, -0.1) is 0 Å². The Kier molecular flexibility index (Phi) is 6.40. The smallest absolute Gasteiger partial charge is 0.253 e. The first-order chi connectivity index (χ1) is 9.90. The molecule has 0 radical (unpaired) electrons. The third-order valence-electron chi connectivity index (χ3n) is 4.09. The van der Waals surface area contributed by atoms with Gasteiger partial charge in [-0.25, -0.2) is 0 Å². The molecule has 1 rings (SSSR count). The van der Waals surface area contributed by atoms with Crippen molar-refractivity contribution >= 4 is 11.8 Å². The molecule has 0 saturated carbocycles. The molecule has 2 atom stereocenters. The maximum absolute atomic E-state index is 12.5. The van der Waals surface area contributed by atoms with Gasteiger partial charge in [-0.1, -0.05) is 31.5 Å². The van der Waals surface area contributed by atoms with Crippen molar-refractivity contribution in [2.24, 2.45) is 11.7 Å². The highest BCUT2D eigenvalue weighted by Crippen LogP contribution is 2.19. The van der Waals surface area contributed by atoms with Gasteiger partial charge in [0, 0.05) is 24.6 Å². The predicted molar refractivity (Wildman–Crippen MR) is 84.9 cm³/mol. The summed E-state index contributed by atoms with van der Waals surface area (Å²) in [5.41, 5.74) is 7.21. The van der Waals surface area contributed by atoms with Gasteiger partial charge in [-0.3, -0.25) is 9.59 Å². The Morgan fingerprint density at radius 3 is 2.14 bits per heavy atom. The van der Waals surface area contributed by atoms with Gasteiger partial charge in [-0.2, -0.15) is 0 Å². The third-order valence-corrected chi connectivity index (χ3v) is 4.09. The van der Waals surface area contributed by atoms with Crippen LogP contribution in [0.5, 0.6) is 0 Å². The van der Waals surface area contributed by atoms with Crippen LogP contribution in [0.25, 0.3) is 0 Å². The number of hydrogen-bond acceptors (Lipinski definition) is 2. The normalized spacial score (nSPS) is 13.5. The second-order valence-corrected chi connectivity index (χ2v) is 5.59. The molecule has 0 bridgehead atoms. The van der Waals surface area contributed by atoms with Crippen LogP contribution in [-0.2, 0) is 4.79 Å². The lowest BCUT2D eigenvalue weighted by molar-refractivity contribution is -0.122. The second-order valence-electron chi connectivity index (χ2n) is 5.59. The largest absolute Gasteiger partial charge is 0.369 e. The minimum atomic E-state index is -0.285. The van der Waals surface area contributed by atoms with Crippen LogP contribution in [-0.4, -0.2) is 29.8 Å². The standard InChI is InChI=1S/C17H26N2O2/c1-5-13(16(18)20)11-15(6-2)19(4)17(21)14-9-7-12(3)8-10-14/h7-10,13,15H,5-6,11H2,1-4H3,(H2,18,20)/t13-,15?/m0/s1. The van der Waals surface area contributed by atoms with Crippen molar-refractivity contribution < 1.29 is 9.59 Å². The van der Waals surface area contributed by atoms with Crippen LogP contribution in [0.15, 0.2) is 24.3 Å². The molecule has 116 valence electrons.